The molecule has 0 aromatic heterocycles. The number of nitrogens with zero attached hydrogens (tertiary/aromatic N) is 1. The Hall–Kier alpha value is -2.04. The van der Waals surface area contributed by atoms with E-state index >= 15 is 0 Å². The van der Waals surface area contributed by atoms with Gasteiger partial charge in [-0.15, -0.1) is 0 Å². The van der Waals surface area contributed by atoms with Gasteiger partial charge in [-0.25, -0.2) is 4.79 Å². The predicted octanol–water partition coefficient (Wildman–Crippen LogP) is 2.87. The fourth-order valence-corrected chi connectivity index (χ4v) is 3.59. The van der Waals surface area contributed by atoms with Gasteiger partial charge < -0.3 is 10.1 Å². The smallest absolute Gasteiger partial charge is 0.325 e. The number of benzene rings is 1. The second-order valence-corrected chi connectivity index (χ2v) is 6.67. The van der Waals surface area contributed by atoms with Crippen LogP contribution in [0.2, 0.25) is 0 Å². The highest BCUT2D eigenvalue weighted by atomic mass is 16.5. The third-order valence-corrected chi connectivity index (χ3v) is 5.11. The number of aryl methyl sites for hydroxylation is 1. The maximum atomic E-state index is 12.8. The van der Waals surface area contributed by atoms with Crippen molar-refractivity contribution < 1.29 is 14.3 Å². The largest absolute Gasteiger partial charge is 0.492 e. The topological polar surface area (TPSA) is 58.6 Å². The molecule has 5 nitrogen and oxygen atoms in total. The summed E-state index contributed by atoms with van der Waals surface area (Å²) in [5.74, 6) is 0.862. The van der Waals surface area contributed by atoms with Crippen molar-refractivity contribution in [2.45, 2.75) is 45.1 Å². The van der Waals surface area contributed by atoms with Crippen molar-refractivity contribution >= 4 is 11.9 Å². The normalized spacial score (nSPS) is 27.4. The predicted molar refractivity (Wildman–Crippen MR) is 87.3 cm³/mol. The Labute approximate surface area is 137 Å². The van der Waals surface area contributed by atoms with Gasteiger partial charge in [0.2, 0.25) is 0 Å². The van der Waals surface area contributed by atoms with Crippen molar-refractivity contribution in [3.63, 3.8) is 0 Å². The van der Waals surface area contributed by atoms with Crippen LogP contribution in [-0.4, -0.2) is 35.5 Å². The maximum Gasteiger partial charge on any atom is 0.325 e. The molecule has 1 aromatic rings. The Kier molecular flexibility index (Phi) is 4.28. The molecule has 1 aliphatic carbocycles. The fourth-order valence-electron chi connectivity index (χ4n) is 3.59. The molecule has 23 heavy (non-hydrogen) atoms. The van der Waals surface area contributed by atoms with E-state index in [1.807, 2.05) is 31.2 Å². The molecule has 1 N–H and O–H groups in total. The van der Waals surface area contributed by atoms with E-state index < -0.39 is 5.54 Å². The standard InChI is InChI=1S/C18H24N2O3/c1-13-6-8-15(9-7-13)23-12-11-20-16(21)18(19-17(20)22)10-4-3-5-14(18)2/h6-9,14H,3-5,10-12H2,1-2H3,(H,19,22)/t14-,18-/m1/s1. The summed E-state index contributed by atoms with van der Waals surface area (Å²) in [5, 5.41) is 2.96. The van der Waals surface area contributed by atoms with Crippen molar-refractivity contribution in [2.24, 2.45) is 5.92 Å². The number of amides is 3. The highest BCUT2D eigenvalue weighted by Gasteiger charge is 2.54. The first-order chi connectivity index (χ1) is 11.0. The van der Waals surface area contributed by atoms with E-state index in [2.05, 4.69) is 12.2 Å². The summed E-state index contributed by atoms with van der Waals surface area (Å²) in [5.41, 5.74) is 0.485. The summed E-state index contributed by atoms with van der Waals surface area (Å²) in [4.78, 5) is 26.3. The quantitative estimate of drug-likeness (QED) is 0.869. The second-order valence-electron chi connectivity index (χ2n) is 6.67. The zero-order valence-electron chi connectivity index (χ0n) is 13.8. The lowest BCUT2D eigenvalue weighted by molar-refractivity contribution is -0.134. The van der Waals surface area contributed by atoms with E-state index in [0.717, 1.165) is 31.4 Å². The van der Waals surface area contributed by atoms with Crippen LogP contribution < -0.4 is 10.1 Å². The highest BCUT2D eigenvalue weighted by Crippen LogP contribution is 2.38. The number of urea groups is 1. The van der Waals surface area contributed by atoms with Crippen LogP contribution in [0.1, 0.15) is 38.2 Å². The lowest BCUT2D eigenvalue weighted by Gasteiger charge is -2.36. The molecule has 0 unspecified atom stereocenters. The number of rotatable bonds is 4. The molecule has 1 saturated carbocycles. The van der Waals surface area contributed by atoms with Crippen LogP contribution in [0.5, 0.6) is 5.75 Å². The molecule has 1 spiro atoms. The minimum atomic E-state index is -0.681. The van der Waals surface area contributed by atoms with Gasteiger partial charge in [0.15, 0.2) is 0 Å². The maximum absolute atomic E-state index is 12.8. The molecule has 3 rings (SSSR count). The van der Waals surface area contributed by atoms with Gasteiger partial charge in [0.1, 0.15) is 17.9 Å². The van der Waals surface area contributed by atoms with Crippen LogP contribution in [-0.2, 0) is 4.79 Å². The number of carbonyl (C=O) groups is 2. The first-order valence-corrected chi connectivity index (χ1v) is 8.36. The van der Waals surface area contributed by atoms with Gasteiger partial charge in [0.25, 0.3) is 5.91 Å². The number of nitrogens with one attached hydrogen (secondary N) is 1. The average Bonchev–Trinajstić information content (AvgIpc) is 2.77. The van der Waals surface area contributed by atoms with Crippen LogP contribution in [0.25, 0.3) is 0 Å². The summed E-state index contributed by atoms with van der Waals surface area (Å²) in [7, 11) is 0. The van der Waals surface area contributed by atoms with Gasteiger partial charge in [-0.05, 0) is 37.8 Å². The summed E-state index contributed by atoms with van der Waals surface area (Å²) >= 11 is 0. The Morgan fingerprint density at radius 3 is 2.70 bits per heavy atom. The molecule has 2 aliphatic rings. The second kappa shape index (κ2) is 6.22. The monoisotopic (exact) mass is 316 g/mol. The van der Waals surface area contributed by atoms with E-state index in [4.69, 9.17) is 4.74 Å². The van der Waals surface area contributed by atoms with Crippen LogP contribution in [0, 0.1) is 12.8 Å². The summed E-state index contributed by atoms with van der Waals surface area (Å²) in [6, 6.07) is 7.46. The minimum Gasteiger partial charge on any atom is -0.492 e. The van der Waals surface area contributed by atoms with Crippen molar-refractivity contribution in [2.75, 3.05) is 13.2 Å². The number of carbonyl (C=O) groups excluding carboxylic acids is 2. The van der Waals surface area contributed by atoms with Gasteiger partial charge in [-0.1, -0.05) is 37.5 Å². The van der Waals surface area contributed by atoms with E-state index in [0.29, 0.717) is 6.61 Å². The zero-order valence-corrected chi connectivity index (χ0v) is 13.8. The third kappa shape index (κ3) is 2.92. The molecule has 0 bridgehead atoms. The van der Waals surface area contributed by atoms with E-state index in [1.54, 1.807) is 0 Å². The molecule has 2 atom stereocenters. The van der Waals surface area contributed by atoms with Gasteiger partial charge in [-0.3, -0.25) is 9.69 Å². The van der Waals surface area contributed by atoms with Crippen molar-refractivity contribution in [3.05, 3.63) is 29.8 Å². The SMILES string of the molecule is Cc1ccc(OCCN2C(=O)N[C@@]3(CCCC[C@H]3C)C2=O)cc1. The number of hydrogen-bond donors (Lipinski definition) is 1. The molecule has 3 amide bonds. The lowest BCUT2D eigenvalue weighted by atomic mass is 9.73. The molecular formula is C18H24N2O3. The number of hydrogen-bond acceptors (Lipinski definition) is 3. The minimum absolute atomic E-state index is 0.0813. The molecule has 1 heterocycles. The first kappa shape index (κ1) is 15.8. The van der Waals surface area contributed by atoms with Crippen LogP contribution in [0.15, 0.2) is 24.3 Å². The molecular weight excluding hydrogens is 292 g/mol. The van der Waals surface area contributed by atoms with E-state index in [1.165, 1.54) is 10.5 Å². The molecule has 1 aromatic carbocycles. The van der Waals surface area contributed by atoms with Crippen LogP contribution in [0.4, 0.5) is 4.79 Å². The Morgan fingerprint density at radius 1 is 1.26 bits per heavy atom. The van der Waals surface area contributed by atoms with E-state index in [-0.39, 0.29) is 24.4 Å². The summed E-state index contributed by atoms with van der Waals surface area (Å²) in [6.45, 7) is 4.67. The fraction of sp³-hybridized carbons (Fsp3) is 0.556. The molecule has 5 heteroatoms. The van der Waals surface area contributed by atoms with E-state index in [9.17, 15) is 9.59 Å². The molecule has 2 fully saturated rings. The molecule has 1 saturated heterocycles. The summed E-state index contributed by atoms with van der Waals surface area (Å²) in [6.07, 6.45) is 3.85. The highest BCUT2D eigenvalue weighted by molar-refractivity contribution is 6.07. The summed E-state index contributed by atoms with van der Waals surface area (Å²) < 4.78 is 5.65. The number of imide groups is 1. The van der Waals surface area contributed by atoms with Crippen molar-refractivity contribution in [1.29, 1.82) is 0 Å². The third-order valence-electron chi connectivity index (χ3n) is 5.11. The first-order valence-electron chi connectivity index (χ1n) is 8.36. The van der Waals surface area contributed by atoms with Crippen LogP contribution >= 0.6 is 0 Å². The Balaban J connectivity index is 1.61. The van der Waals surface area contributed by atoms with Gasteiger partial charge in [0, 0.05) is 0 Å². The van der Waals surface area contributed by atoms with Gasteiger partial charge in [-0.2, -0.15) is 0 Å². The zero-order chi connectivity index (χ0) is 16.4. The molecule has 0 radical (unpaired) electrons. The average molecular weight is 316 g/mol. The van der Waals surface area contributed by atoms with Gasteiger partial charge >= 0.3 is 6.03 Å². The molecule has 1 aliphatic heterocycles. The Morgan fingerprint density at radius 2 is 2.00 bits per heavy atom. The van der Waals surface area contributed by atoms with Gasteiger partial charge in [0.05, 0.1) is 6.54 Å². The Bertz CT molecular complexity index is 599. The van der Waals surface area contributed by atoms with Crippen LogP contribution in [0.3, 0.4) is 0 Å². The lowest BCUT2D eigenvalue weighted by Crippen LogP contribution is -2.54. The molecule has 124 valence electrons. The number of ether oxygens (including phenoxy) is 1. The van der Waals surface area contributed by atoms with Crippen molar-refractivity contribution in [3.8, 4) is 5.75 Å². The van der Waals surface area contributed by atoms with Crippen molar-refractivity contribution in [1.82, 2.24) is 10.2 Å².